The van der Waals surface area contributed by atoms with Gasteiger partial charge in [0.1, 0.15) is 5.56 Å². The Labute approximate surface area is 173 Å². The average molecular weight is 404 g/mol. The fourth-order valence-electron chi connectivity index (χ4n) is 3.13. The zero-order chi connectivity index (χ0) is 21.5. The molecule has 0 unspecified atom stereocenters. The van der Waals surface area contributed by atoms with Crippen molar-refractivity contribution in [3.05, 3.63) is 111 Å². The smallest absolute Gasteiger partial charge is 0.345 e. The minimum atomic E-state index is -0.920. The van der Waals surface area contributed by atoms with E-state index in [1.165, 1.54) is 25.1 Å². The van der Waals surface area contributed by atoms with Gasteiger partial charge in [0.2, 0.25) is 0 Å². The monoisotopic (exact) mass is 404 g/mol. The molecule has 1 amide bonds. The van der Waals surface area contributed by atoms with E-state index in [1.807, 2.05) is 60.7 Å². The van der Waals surface area contributed by atoms with Crippen LogP contribution in [0.3, 0.4) is 0 Å². The van der Waals surface area contributed by atoms with Crippen LogP contribution in [0, 0.1) is 17.0 Å². The van der Waals surface area contributed by atoms with Gasteiger partial charge in [0, 0.05) is 5.56 Å². The molecule has 0 aromatic heterocycles. The molecule has 152 valence electrons. The summed E-state index contributed by atoms with van der Waals surface area (Å²) in [4.78, 5) is 35.5. The molecule has 0 spiro atoms. The highest BCUT2D eigenvalue weighted by atomic mass is 16.6. The van der Waals surface area contributed by atoms with E-state index in [9.17, 15) is 19.7 Å². The molecule has 1 N–H and O–H groups in total. The van der Waals surface area contributed by atoms with Crippen molar-refractivity contribution in [2.75, 3.05) is 6.61 Å². The van der Waals surface area contributed by atoms with Gasteiger partial charge in [-0.25, -0.2) is 4.79 Å². The standard InChI is InChI=1S/C23H20N2O5/c1-16-9-8-14-19(22(16)25(28)29)23(27)30-15-20(26)24-21(17-10-4-2-5-11-17)18-12-6-3-7-13-18/h2-14,21H,15H2,1H3,(H,24,26). The van der Waals surface area contributed by atoms with E-state index >= 15 is 0 Å². The van der Waals surface area contributed by atoms with Crippen LogP contribution in [-0.4, -0.2) is 23.4 Å². The molecule has 0 fully saturated rings. The maximum absolute atomic E-state index is 12.5. The number of nitrogens with one attached hydrogen (secondary N) is 1. The molecular weight excluding hydrogens is 384 g/mol. The van der Waals surface area contributed by atoms with Gasteiger partial charge in [-0.1, -0.05) is 72.8 Å². The lowest BCUT2D eigenvalue weighted by Gasteiger charge is -2.20. The molecule has 30 heavy (non-hydrogen) atoms. The van der Waals surface area contributed by atoms with Gasteiger partial charge in [0.05, 0.1) is 11.0 Å². The van der Waals surface area contributed by atoms with Crippen molar-refractivity contribution in [2.24, 2.45) is 0 Å². The highest BCUT2D eigenvalue weighted by Crippen LogP contribution is 2.24. The lowest BCUT2D eigenvalue weighted by molar-refractivity contribution is -0.385. The molecule has 7 nitrogen and oxygen atoms in total. The molecule has 0 radical (unpaired) electrons. The highest BCUT2D eigenvalue weighted by molar-refractivity contribution is 5.95. The molecule has 0 aliphatic rings. The van der Waals surface area contributed by atoms with Crippen LogP contribution in [0.25, 0.3) is 0 Å². The fraction of sp³-hybridized carbons (Fsp3) is 0.130. The largest absolute Gasteiger partial charge is 0.452 e. The third-order valence-corrected chi connectivity index (χ3v) is 4.55. The number of rotatable bonds is 7. The number of nitro groups is 1. The fourth-order valence-corrected chi connectivity index (χ4v) is 3.13. The molecule has 7 heteroatoms. The predicted molar refractivity (Wildman–Crippen MR) is 111 cm³/mol. The highest BCUT2D eigenvalue weighted by Gasteiger charge is 2.24. The number of nitro benzene ring substituents is 1. The molecule has 0 aliphatic heterocycles. The Hall–Kier alpha value is -4.00. The van der Waals surface area contributed by atoms with Gasteiger partial charge in [-0.3, -0.25) is 14.9 Å². The van der Waals surface area contributed by atoms with E-state index in [-0.39, 0.29) is 11.3 Å². The van der Waals surface area contributed by atoms with Crippen LogP contribution in [0.5, 0.6) is 0 Å². The summed E-state index contributed by atoms with van der Waals surface area (Å²) in [5.41, 5.74) is 1.58. The Morgan fingerprint density at radius 1 is 0.933 bits per heavy atom. The number of hydrogen-bond acceptors (Lipinski definition) is 5. The summed E-state index contributed by atoms with van der Waals surface area (Å²) >= 11 is 0. The maximum atomic E-state index is 12.5. The van der Waals surface area contributed by atoms with Gasteiger partial charge in [-0.2, -0.15) is 0 Å². The summed E-state index contributed by atoms with van der Waals surface area (Å²) in [6, 6.07) is 22.7. The van der Waals surface area contributed by atoms with Gasteiger partial charge in [-0.15, -0.1) is 0 Å². The van der Waals surface area contributed by atoms with Crippen molar-refractivity contribution in [1.29, 1.82) is 0 Å². The minimum Gasteiger partial charge on any atom is -0.452 e. The van der Waals surface area contributed by atoms with Gasteiger partial charge in [-0.05, 0) is 24.1 Å². The van der Waals surface area contributed by atoms with E-state index in [4.69, 9.17) is 4.74 Å². The number of benzene rings is 3. The van der Waals surface area contributed by atoms with E-state index in [0.29, 0.717) is 5.56 Å². The number of carbonyl (C=O) groups is 2. The number of esters is 1. The Kier molecular flexibility index (Phi) is 6.54. The lowest BCUT2D eigenvalue weighted by Crippen LogP contribution is -2.33. The summed E-state index contributed by atoms with van der Waals surface area (Å²) in [5, 5.41) is 14.1. The summed E-state index contributed by atoms with van der Waals surface area (Å²) in [7, 11) is 0. The quantitative estimate of drug-likeness (QED) is 0.365. The number of para-hydroxylation sites is 1. The third kappa shape index (κ3) is 4.88. The van der Waals surface area contributed by atoms with Crippen LogP contribution < -0.4 is 5.32 Å². The van der Waals surface area contributed by atoms with E-state index < -0.39 is 29.4 Å². The summed E-state index contributed by atoms with van der Waals surface area (Å²) < 4.78 is 5.05. The Morgan fingerprint density at radius 3 is 2.03 bits per heavy atom. The molecule has 0 saturated heterocycles. The molecular formula is C23H20N2O5. The summed E-state index contributed by atoms with van der Waals surface area (Å²) in [5.74, 6) is -1.44. The molecule has 0 saturated carbocycles. The second kappa shape index (κ2) is 9.47. The predicted octanol–water partition coefficient (Wildman–Crippen LogP) is 3.97. The number of amides is 1. The van der Waals surface area contributed by atoms with Gasteiger partial charge in [0.25, 0.3) is 11.6 Å². The van der Waals surface area contributed by atoms with Crippen molar-refractivity contribution in [3.63, 3.8) is 0 Å². The second-order valence-electron chi connectivity index (χ2n) is 6.63. The number of ether oxygens (including phenoxy) is 1. The van der Waals surface area contributed by atoms with Crippen LogP contribution >= 0.6 is 0 Å². The SMILES string of the molecule is Cc1cccc(C(=O)OCC(=O)NC(c2ccccc2)c2ccccc2)c1[N+](=O)[O-]. The van der Waals surface area contributed by atoms with Gasteiger partial charge in [0.15, 0.2) is 6.61 Å². The maximum Gasteiger partial charge on any atom is 0.345 e. The first kappa shape index (κ1) is 20.7. The minimum absolute atomic E-state index is 0.185. The summed E-state index contributed by atoms with van der Waals surface area (Å²) in [6.45, 7) is 0.978. The van der Waals surface area contributed by atoms with Crippen LogP contribution in [0.2, 0.25) is 0 Å². The molecule has 3 rings (SSSR count). The van der Waals surface area contributed by atoms with Crippen molar-refractivity contribution < 1.29 is 19.2 Å². The number of hydrogen-bond donors (Lipinski definition) is 1. The third-order valence-electron chi connectivity index (χ3n) is 4.55. The first-order valence-electron chi connectivity index (χ1n) is 9.27. The Balaban J connectivity index is 1.72. The molecule has 0 atom stereocenters. The molecule has 0 bridgehead atoms. The van der Waals surface area contributed by atoms with E-state index in [1.54, 1.807) is 0 Å². The molecule has 3 aromatic rings. The number of carbonyl (C=O) groups excluding carboxylic acids is 2. The van der Waals surface area contributed by atoms with Crippen LogP contribution in [0.4, 0.5) is 5.69 Å². The van der Waals surface area contributed by atoms with Crippen LogP contribution in [-0.2, 0) is 9.53 Å². The number of aryl methyl sites for hydroxylation is 1. The van der Waals surface area contributed by atoms with Crippen LogP contribution in [0.1, 0.15) is 33.1 Å². The molecule has 3 aromatic carbocycles. The first-order chi connectivity index (χ1) is 14.5. The van der Waals surface area contributed by atoms with Gasteiger partial charge >= 0.3 is 5.97 Å². The molecule has 0 aliphatic carbocycles. The average Bonchev–Trinajstić information content (AvgIpc) is 2.76. The van der Waals surface area contributed by atoms with E-state index in [0.717, 1.165) is 11.1 Å². The lowest BCUT2D eigenvalue weighted by atomic mass is 9.99. The molecule has 0 heterocycles. The Morgan fingerprint density at radius 2 is 1.50 bits per heavy atom. The zero-order valence-electron chi connectivity index (χ0n) is 16.3. The number of nitrogens with zero attached hydrogens (tertiary/aromatic N) is 1. The Bertz CT molecular complexity index is 1010. The first-order valence-corrected chi connectivity index (χ1v) is 9.27. The summed E-state index contributed by atoms with van der Waals surface area (Å²) in [6.07, 6.45) is 0. The van der Waals surface area contributed by atoms with Crippen molar-refractivity contribution in [3.8, 4) is 0 Å². The van der Waals surface area contributed by atoms with Crippen molar-refractivity contribution >= 4 is 17.6 Å². The normalized spacial score (nSPS) is 10.5. The van der Waals surface area contributed by atoms with Gasteiger partial charge < -0.3 is 10.1 Å². The zero-order valence-corrected chi connectivity index (χ0v) is 16.3. The van der Waals surface area contributed by atoms with Crippen molar-refractivity contribution in [1.82, 2.24) is 5.32 Å². The topological polar surface area (TPSA) is 98.5 Å². The van der Waals surface area contributed by atoms with Crippen LogP contribution in [0.15, 0.2) is 78.9 Å². The van der Waals surface area contributed by atoms with Crippen molar-refractivity contribution in [2.45, 2.75) is 13.0 Å². The van der Waals surface area contributed by atoms with E-state index in [2.05, 4.69) is 5.32 Å². The second-order valence-corrected chi connectivity index (χ2v) is 6.63.